The van der Waals surface area contributed by atoms with Gasteiger partial charge in [0.25, 0.3) is 0 Å². The Morgan fingerprint density at radius 1 is 1.67 bits per heavy atom. The zero-order valence-electron chi connectivity index (χ0n) is 10.5. The lowest BCUT2D eigenvalue weighted by atomic mass is 10.1. The maximum atomic E-state index is 11.3. The fourth-order valence-corrected chi connectivity index (χ4v) is 1.99. The summed E-state index contributed by atoms with van der Waals surface area (Å²) in [5, 5.41) is 3.29. The zero-order chi connectivity index (χ0) is 12.8. The summed E-state index contributed by atoms with van der Waals surface area (Å²) in [6, 6.07) is 3.55. The number of hydrogen-bond acceptors (Lipinski definition) is 5. The predicted octanol–water partition coefficient (Wildman–Crippen LogP) is 1.71. The molecule has 5 nitrogen and oxygen atoms in total. The van der Waals surface area contributed by atoms with Gasteiger partial charge in [0.05, 0.1) is 7.11 Å². The Hall–Kier alpha value is -1.62. The van der Waals surface area contributed by atoms with Gasteiger partial charge in [-0.25, -0.2) is 9.78 Å². The van der Waals surface area contributed by atoms with Crippen LogP contribution in [0.2, 0.25) is 0 Å². The van der Waals surface area contributed by atoms with Crippen LogP contribution in [0.25, 0.3) is 0 Å². The molecule has 1 saturated heterocycles. The predicted molar refractivity (Wildman–Crippen MR) is 67.6 cm³/mol. The lowest BCUT2D eigenvalue weighted by Gasteiger charge is -2.10. The molecule has 0 aromatic carbocycles. The van der Waals surface area contributed by atoms with Crippen LogP contribution in [0, 0.1) is 5.92 Å². The minimum Gasteiger partial charge on any atom is -0.464 e. The number of pyridine rings is 1. The fraction of sp³-hybridized carbons (Fsp3) is 0.538. The first-order valence-electron chi connectivity index (χ1n) is 6.15. The highest BCUT2D eigenvalue weighted by Crippen LogP contribution is 2.16. The van der Waals surface area contributed by atoms with Crippen LogP contribution in [-0.2, 0) is 9.47 Å². The normalized spacial score (nSPS) is 18.6. The number of anilines is 1. The van der Waals surface area contributed by atoms with Gasteiger partial charge in [-0.1, -0.05) is 0 Å². The van der Waals surface area contributed by atoms with E-state index in [4.69, 9.17) is 4.74 Å². The molecule has 5 heteroatoms. The molecule has 0 aliphatic carbocycles. The van der Waals surface area contributed by atoms with E-state index in [1.54, 1.807) is 12.3 Å². The molecule has 0 spiro atoms. The number of esters is 1. The van der Waals surface area contributed by atoms with Crippen LogP contribution in [0.15, 0.2) is 18.3 Å². The van der Waals surface area contributed by atoms with E-state index in [-0.39, 0.29) is 0 Å². The van der Waals surface area contributed by atoms with E-state index in [2.05, 4.69) is 15.0 Å². The molecule has 0 radical (unpaired) electrons. The van der Waals surface area contributed by atoms with Crippen molar-refractivity contribution >= 4 is 11.7 Å². The number of carbonyl (C=O) groups is 1. The molecule has 0 bridgehead atoms. The van der Waals surface area contributed by atoms with E-state index in [0.717, 1.165) is 38.3 Å². The van der Waals surface area contributed by atoms with E-state index >= 15 is 0 Å². The molecule has 2 rings (SSSR count). The largest absolute Gasteiger partial charge is 0.464 e. The summed E-state index contributed by atoms with van der Waals surface area (Å²) in [5.74, 6) is 0.238. The van der Waals surface area contributed by atoms with Crippen molar-refractivity contribution in [2.45, 2.75) is 12.8 Å². The number of carbonyl (C=O) groups excluding carboxylic acids is 1. The van der Waals surface area contributed by atoms with Crippen molar-refractivity contribution in [3.8, 4) is 0 Å². The van der Waals surface area contributed by atoms with Gasteiger partial charge >= 0.3 is 5.97 Å². The van der Waals surface area contributed by atoms with Crippen molar-refractivity contribution < 1.29 is 14.3 Å². The Morgan fingerprint density at radius 3 is 3.28 bits per heavy atom. The summed E-state index contributed by atoms with van der Waals surface area (Å²) in [6.07, 6.45) is 3.83. The monoisotopic (exact) mass is 250 g/mol. The second-order valence-corrected chi connectivity index (χ2v) is 4.37. The van der Waals surface area contributed by atoms with Gasteiger partial charge < -0.3 is 14.8 Å². The lowest BCUT2D eigenvalue weighted by Crippen LogP contribution is -2.10. The minimum absolute atomic E-state index is 0.326. The van der Waals surface area contributed by atoms with Crippen LogP contribution >= 0.6 is 0 Å². The van der Waals surface area contributed by atoms with Gasteiger partial charge in [0.15, 0.2) is 0 Å². The lowest BCUT2D eigenvalue weighted by molar-refractivity contribution is 0.0594. The smallest absolute Gasteiger partial charge is 0.356 e. The van der Waals surface area contributed by atoms with Crippen molar-refractivity contribution in [3.63, 3.8) is 0 Å². The van der Waals surface area contributed by atoms with Crippen molar-refractivity contribution in [1.82, 2.24) is 4.98 Å². The van der Waals surface area contributed by atoms with Crippen molar-refractivity contribution in [2.24, 2.45) is 5.92 Å². The van der Waals surface area contributed by atoms with Gasteiger partial charge in [-0.05, 0) is 30.9 Å². The SMILES string of the molecule is COC(=O)c1cc(NCCC2CCOC2)ccn1. The van der Waals surface area contributed by atoms with E-state index in [0.29, 0.717) is 11.6 Å². The average molecular weight is 250 g/mol. The first kappa shape index (κ1) is 12.8. The highest BCUT2D eigenvalue weighted by atomic mass is 16.5. The first-order chi connectivity index (χ1) is 8.79. The van der Waals surface area contributed by atoms with Crippen LogP contribution in [0.1, 0.15) is 23.3 Å². The third kappa shape index (κ3) is 3.43. The van der Waals surface area contributed by atoms with Gasteiger partial charge in [-0.3, -0.25) is 0 Å². The third-order valence-electron chi connectivity index (χ3n) is 3.06. The molecular weight excluding hydrogens is 232 g/mol. The molecule has 0 saturated carbocycles. The number of ether oxygens (including phenoxy) is 2. The molecule has 1 fully saturated rings. The molecule has 0 amide bonds. The summed E-state index contributed by atoms with van der Waals surface area (Å²) in [7, 11) is 1.35. The fourth-order valence-electron chi connectivity index (χ4n) is 1.99. The Kier molecular flexibility index (Phi) is 4.52. The molecule has 1 aliphatic heterocycles. The number of nitrogens with one attached hydrogen (secondary N) is 1. The molecule has 1 aliphatic rings. The highest BCUT2D eigenvalue weighted by Gasteiger charge is 2.14. The number of aromatic nitrogens is 1. The number of nitrogens with zero attached hydrogens (tertiary/aromatic N) is 1. The summed E-state index contributed by atoms with van der Waals surface area (Å²) in [6.45, 7) is 2.62. The maximum Gasteiger partial charge on any atom is 0.356 e. The quantitative estimate of drug-likeness (QED) is 0.806. The second kappa shape index (κ2) is 6.35. The van der Waals surface area contributed by atoms with E-state index < -0.39 is 5.97 Å². The first-order valence-corrected chi connectivity index (χ1v) is 6.15. The Balaban J connectivity index is 1.83. The van der Waals surface area contributed by atoms with Crippen molar-refractivity contribution in [3.05, 3.63) is 24.0 Å². The summed E-state index contributed by atoms with van der Waals surface area (Å²) >= 11 is 0. The summed E-state index contributed by atoms with van der Waals surface area (Å²) in [4.78, 5) is 15.3. The molecule has 1 aromatic heterocycles. The van der Waals surface area contributed by atoms with Gasteiger partial charge in [0.1, 0.15) is 5.69 Å². The van der Waals surface area contributed by atoms with Crippen LogP contribution in [0.4, 0.5) is 5.69 Å². The van der Waals surface area contributed by atoms with Crippen molar-refractivity contribution in [1.29, 1.82) is 0 Å². The van der Waals surface area contributed by atoms with Gasteiger partial charge in [-0.15, -0.1) is 0 Å². The Bertz CT molecular complexity index is 403. The van der Waals surface area contributed by atoms with Gasteiger partial charge in [0, 0.05) is 31.6 Å². The number of methoxy groups -OCH3 is 1. The van der Waals surface area contributed by atoms with E-state index in [1.807, 2.05) is 6.07 Å². The topological polar surface area (TPSA) is 60.5 Å². The summed E-state index contributed by atoms with van der Waals surface area (Å²) in [5.41, 5.74) is 1.22. The van der Waals surface area contributed by atoms with Crippen LogP contribution in [0.5, 0.6) is 0 Å². The number of rotatable bonds is 5. The van der Waals surface area contributed by atoms with Gasteiger partial charge in [-0.2, -0.15) is 0 Å². The number of hydrogen-bond donors (Lipinski definition) is 1. The van der Waals surface area contributed by atoms with E-state index in [9.17, 15) is 4.79 Å². The summed E-state index contributed by atoms with van der Waals surface area (Å²) < 4.78 is 9.96. The third-order valence-corrected chi connectivity index (χ3v) is 3.06. The van der Waals surface area contributed by atoms with Gasteiger partial charge in [0.2, 0.25) is 0 Å². The molecule has 2 heterocycles. The van der Waals surface area contributed by atoms with Crippen molar-refractivity contribution in [2.75, 3.05) is 32.2 Å². The molecule has 1 unspecified atom stereocenters. The average Bonchev–Trinajstić information content (AvgIpc) is 2.91. The standard InChI is InChI=1S/C13H18N2O3/c1-17-13(16)12-8-11(3-6-15-12)14-5-2-10-4-7-18-9-10/h3,6,8,10H,2,4-5,7,9H2,1H3,(H,14,15). The Morgan fingerprint density at radius 2 is 2.56 bits per heavy atom. The Labute approximate surface area is 107 Å². The molecule has 1 aromatic rings. The molecule has 1 atom stereocenters. The molecule has 1 N–H and O–H groups in total. The maximum absolute atomic E-state index is 11.3. The second-order valence-electron chi connectivity index (χ2n) is 4.37. The molecule has 18 heavy (non-hydrogen) atoms. The van der Waals surface area contributed by atoms with Crippen LogP contribution in [-0.4, -0.2) is 37.8 Å². The van der Waals surface area contributed by atoms with Crippen LogP contribution < -0.4 is 5.32 Å². The minimum atomic E-state index is -0.414. The zero-order valence-corrected chi connectivity index (χ0v) is 10.5. The van der Waals surface area contributed by atoms with E-state index in [1.165, 1.54) is 7.11 Å². The highest BCUT2D eigenvalue weighted by molar-refractivity contribution is 5.88. The molecule has 98 valence electrons. The van der Waals surface area contributed by atoms with Crippen LogP contribution in [0.3, 0.4) is 0 Å². The molecular formula is C13H18N2O3.